The van der Waals surface area contributed by atoms with Crippen molar-refractivity contribution in [3.05, 3.63) is 40.7 Å². The van der Waals surface area contributed by atoms with Crippen molar-refractivity contribution in [1.82, 2.24) is 15.5 Å². The first-order valence-corrected chi connectivity index (χ1v) is 6.54. The lowest BCUT2D eigenvalue weighted by atomic mass is 10.1. The molecule has 0 spiro atoms. The molecular weight excluding hydrogens is 267 g/mol. The van der Waals surface area contributed by atoms with Gasteiger partial charge in [-0.1, -0.05) is 23.5 Å². The second-order valence-corrected chi connectivity index (χ2v) is 5.07. The van der Waals surface area contributed by atoms with E-state index < -0.39 is 0 Å². The van der Waals surface area contributed by atoms with Gasteiger partial charge in [0.25, 0.3) is 0 Å². The summed E-state index contributed by atoms with van der Waals surface area (Å²) in [5, 5.41) is 14.1. The van der Waals surface area contributed by atoms with Crippen LogP contribution in [-0.2, 0) is 6.42 Å². The van der Waals surface area contributed by atoms with Crippen LogP contribution in [0, 0.1) is 12.7 Å². The first kappa shape index (κ1) is 13.4. The highest BCUT2D eigenvalue weighted by Gasteiger charge is 2.05. The van der Waals surface area contributed by atoms with Gasteiger partial charge in [0.2, 0.25) is 5.13 Å². The average Bonchev–Trinajstić information content (AvgIpc) is 2.77. The van der Waals surface area contributed by atoms with Gasteiger partial charge in [-0.3, -0.25) is 5.32 Å². The number of amides is 2. The minimum absolute atomic E-state index is 0.263. The van der Waals surface area contributed by atoms with Crippen LogP contribution < -0.4 is 10.6 Å². The predicted molar refractivity (Wildman–Crippen MR) is 71.8 cm³/mol. The van der Waals surface area contributed by atoms with E-state index in [0.717, 1.165) is 10.6 Å². The van der Waals surface area contributed by atoms with E-state index in [4.69, 9.17) is 0 Å². The molecule has 0 fully saturated rings. The summed E-state index contributed by atoms with van der Waals surface area (Å²) < 4.78 is 12.7. The Hall–Kier alpha value is -2.02. The molecular formula is C12H13FN4OS. The minimum Gasteiger partial charge on any atom is -0.337 e. The maximum Gasteiger partial charge on any atom is 0.321 e. The molecule has 1 aromatic carbocycles. The molecule has 0 radical (unpaired) electrons. The molecule has 0 aliphatic carbocycles. The zero-order valence-corrected chi connectivity index (χ0v) is 11.1. The second kappa shape index (κ2) is 6.24. The van der Waals surface area contributed by atoms with Crippen LogP contribution in [0.1, 0.15) is 10.6 Å². The summed E-state index contributed by atoms with van der Waals surface area (Å²) in [6, 6.07) is 5.88. The van der Waals surface area contributed by atoms with Crippen molar-refractivity contribution in [2.45, 2.75) is 13.3 Å². The van der Waals surface area contributed by atoms with Crippen molar-refractivity contribution in [2.75, 3.05) is 11.9 Å². The molecule has 2 N–H and O–H groups in total. The first-order valence-electron chi connectivity index (χ1n) is 5.73. The third-order valence-corrected chi connectivity index (χ3v) is 3.11. The highest BCUT2D eigenvalue weighted by molar-refractivity contribution is 7.15. The van der Waals surface area contributed by atoms with Gasteiger partial charge in [0, 0.05) is 6.54 Å². The molecule has 0 bridgehead atoms. The Kier molecular flexibility index (Phi) is 4.40. The number of carbonyl (C=O) groups excluding carboxylic acids is 1. The number of hydrogen-bond donors (Lipinski definition) is 2. The molecule has 2 amide bonds. The number of halogens is 1. The fraction of sp³-hybridized carbons (Fsp3) is 0.250. The molecule has 0 aliphatic rings. The third kappa shape index (κ3) is 4.29. The highest BCUT2D eigenvalue weighted by Crippen LogP contribution is 2.12. The van der Waals surface area contributed by atoms with E-state index in [9.17, 15) is 9.18 Å². The van der Waals surface area contributed by atoms with Crippen LogP contribution in [0.15, 0.2) is 24.3 Å². The Morgan fingerprint density at radius 1 is 1.32 bits per heavy atom. The molecule has 0 saturated carbocycles. The second-order valence-electron chi connectivity index (χ2n) is 3.88. The van der Waals surface area contributed by atoms with E-state index in [0.29, 0.717) is 18.1 Å². The van der Waals surface area contributed by atoms with Gasteiger partial charge in [0.15, 0.2) is 0 Å². The van der Waals surface area contributed by atoms with Crippen LogP contribution in [0.2, 0.25) is 0 Å². The molecule has 2 rings (SSSR count). The monoisotopic (exact) mass is 280 g/mol. The van der Waals surface area contributed by atoms with E-state index in [2.05, 4.69) is 20.8 Å². The van der Waals surface area contributed by atoms with E-state index >= 15 is 0 Å². The maximum atomic E-state index is 12.7. The number of aryl methyl sites for hydroxylation is 1. The fourth-order valence-electron chi connectivity index (χ4n) is 1.46. The topological polar surface area (TPSA) is 66.9 Å². The summed E-state index contributed by atoms with van der Waals surface area (Å²) in [4.78, 5) is 11.5. The molecule has 2 aromatic rings. The van der Waals surface area contributed by atoms with Crippen molar-refractivity contribution < 1.29 is 9.18 Å². The van der Waals surface area contributed by atoms with Gasteiger partial charge in [-0.15, -0.1) is 10.2 Å². The third-order valence-electron chi connectivity index (χ3n) is 2.36. The van der Waals surface area contributed by atoms with E-state index in [1.807, 2.05) is 6.92 Å². The largest absolute Gasteiger partial charge is 0.337 e. The Labute approximate surface area is 113 Å². The number of rotatable bonds is 4. The Morgan fingerprint density at radius 3 is 2.68 bits per heavy atom. The molecule has 0 aliphatic heterocycles. The number of nitrogens with zero attached hydrogens (tertiary/aromatic N) is 2. The van der Waals surface area contributed by atoms with Crippen molar-refractivity contribution in [3.63, 3.8) is 0 Å². The number of hydrogen-bond acceptors (Lipinski definition) is 4. The molecule has 19 heavy (non-hydrogen) atoms. The van der Waals surface area contributed by atoms with Gasteiger partial charge in [0.05, 0.1) is 0 Å². The summed E-state index contributed by atoms with van der Waals surface area (Å²) in [7, 11) is 0. The Morgan fingerprint density at radius 2 is 2.05 bits per heavy atom. The molecule has 1 aromatic heterocycles. The Balaban J connectivity index is 1.73. The number of carbonyl (C=O) groups is 1. The van der Waals surface area contributed by atoms with Gasteiger partial charge >= 0.3 is 6.03 Å². The van der Waals surface area contributed by atoms with Crippen LogP contribution in [-0.4, -0.2) is 22.8 Å². The standard InChI is InChI=1S/C12H13FN4OS/c1-8-16-17-12(19-8)15-11(18)14-7-6-9-2-4-10(13)5-3-9/h2-5H,6-7H2,1H3,(H2,14,15,17,18). The lowest BCUT2D eigenvalue weighted by Crippen LogP contribution is -2.30. The first-order chi connectivity index (χ1) is 9.13. The maximum absolute atomic E-state index is 12.7. The van der Waals surface area contributed by atoms with E-state index in [1.54, 1.807) is 12.1 Å². The molecule has 1 heterocycles. The average molecular weight is 280 g/mol. The normalized spacial score (nSPS) is 10.2. The summed E-state index contributed by atoms with van der Waals surface area (Å²) in [6.45, 7) is 2.28. The van der Waals surface area contributed by atoms with Crippen molar-refractivity contribution >= 4 is 22.5 Å². The van der Waals surface area contributed by atoms with Gasteiger partial charge < -0.3 is 5.32 Å². The lowest BCUT2D eigenvalue weighted by Gasteiger charge is -2.05. The van der Waals surface area contributed by atoms with Gasteiger partial charge in [0.1, 0.15) is 10.8 Å². The van der Waals surface area contributed by atoms with Gasteiger partial charge in [-0.05, 0) is 31.0 Å². The van der Waals surface area contributed by atoms with Crippen molar-refractivity contribution in [1.29, 1.82) is 0 Å². The number of benzene rings is 1. The fourth-order valence-corrected chi connectivity index (χ4v) is 2.05. The summed E-state index contributed by atoms with van der Waals surface area (Å²) >= 11 is 1.31. The highest BCUT2D eigenvalue weighted by atomic mass is 32.1. The lowest BCUT2D eigenvalue weighted by molar-refractivity contribution is 0.252. The van der Waals surface area contributed by atoms with Crippen molar-refractivity contribution in [2.24, 2.45) is 0 Å². The zero-order valence-electron chi connectivity index (χ0n) is 10.3. The number of urea groups is 1. The number of aromatic nitrogens is 2. The molecule has 0 atom stereocenters. The number of nitrogens with one attached hydrogen (secondary N) is 2. The molecule has 0 unspecified atom stereocenters. The predicted octanol–water partition coefficient (Wildman–Crippen LogP) is 2.35. The summed E-state index contributed by atoms with van der Waals surface area (Å²) in [6.07, 6.45) is 0.642. The minimum atomic E-state index is -0.321. The van der Waals surface area contributed by atoms with Crippen LogP contribution in [0.5, 0.6) is 0 Å². The van der Waals surface area contributed by atoms with Crippen LogP contribution in [0.4, 0.5) is 14.3 Å². The number of anilines is 1. The smallest absolute Gasteiger partial charge is 0.321 e. The molecule has 0 saturated heterocycles. The quantitative estimate of drug-likeness (QED) is 0.903. The summed E-state index contributed by atoms with van der Waals surface area (Å²) in [5.41, 5.74) is 0.966. The Bertz CT molecular complexity index is 555. The van der Waals surface area contributed by atoms with Gasteiger partial charge in [-0.25, -0.2) is 9.18 Å². The van der Waals surface area contributed by atoms with Crippen LogP contribution in [0.3, 0.4) is 0 Å². The summed E-state index contributed by atoms with van der Waals surface area (Å²) in [5.74, 6) is -0.263. The van der Waals surface area contributed by atoms with Crippen LogP contribution >= 0.6 is 11.3 Å². The van der Waals surface area contributed by atoms with Crippen molar-refractivity contribution in [3.8, 4) is 0 Å². The van der Waals surface area contributed by atoms with Crippen LogP contribution in [0.25, 0.3) is 0 Å². The van der Waals surface area contributed by atoms with E-state index in [1.165, 1.54) is 23.5 Å². The van der Waals surface area contributed by atoms with E-state index in [-0.39, 0.29) is 11.8 Å². The van der Waals surface area contributed by atoms with Gasteiger partial charge in [-0.2, -0.15) is 0 Å². The molecule has 5 nitrogen and oxygen atoms in total. The SMILES string of the molecule is Cc1nnc(NC(=O)NCCc2ccc(F)cc2)s1. The zero-order chi connectivity index (χ0) is 13.7. The molecule has 100 valence electrons. The molecule has 7 heteroatoms.